The standard InChI is InChI=1S/C11H8F2O4/c1-16-11(15)9(14)8-5-2-3-17-10(5)7(13)4-6(8)12/h2-4,9,14H,1H3. The Morgan fingerprint density at radius 3 is 2.82 bits per heavy atom. The van der Waals surface area contributed by atoms with Crippen molar-refractivity contribution in [1.29, 1.82) is 0 Å². The molecule has 17 heavy (non-hydrogen) atoms. The van der Waals surface area contributed by atoms with Crippen molar-refractivity contribution < 1.29 is 27.8 Å². The molecule has 0 aliphatic carbocycles. The van der Waals surface area contributed by atoms with Crippen LogP contribution in [0.5, 0.6) is 0 Å². The van der Waals surface area contributed by atoms with E-state index < -0.39 is 23.7 Å². The summed E-state index contributed by atoms with van der Waals surface area (Å²) in [5, 5.41) is 9.60. The van der Waals surface area contributed by atoms with Gasteiger partial charge in [-0.25, -0.2) is 13.6 Å². The molecule has 0 spiro atoms. The molecular weight excluding hydrogens is 234 g/mol. The van der Waals surface area contributed by atoms with Crippen LogP contribution in [0.3, 0.4) is 0 Å². The minimum atomic E-state index is -1.82. The Kier molecular flexibility index (Phi) is 2.81. The van der Waals surface area contributed by atoms with E-state index in [0.717, 1.165) is 13.4 Å². The largest absolute Gasteiger partial charge is 0.467 e. The molecule has 2 aromatic rings. The lowest BCUT2D eigenvalue weighted by Gasteiger charge is -2.10. The molecule has 1 aromatic carbocycles. The molecule has 0 saturated carbocycles. The average molecular weight is 242 g/mol. The van der Waals surface area contributed by atoms with Gasteiger partial charge in [-0.05, 0) is 6.07 Å². The zero-order chi connectivity index (χ0) is 12.6. The van der Waals surface area contributed by atoms with E-state index in [9.17, 15) is 18.7 Å². The maximum atomic E-state index is 13.6. The highest BCUT2D eigenvalue weighted by Gasteiger charge is 2.26. The first kappa shape index (κ1) is 11.5. The second-order valence-corrected chi connectivity index (χ2v) is 3.34. The SMILES string of the molecule is COC(=O)C(O)c1c(F)cc(F)c2occc12. The molecule has 2 rings (SSSR count). The maximum Gasteiger partial charge on any atom is 0.339 e. The first-order valence-electron chi connectivity index (χ1n) is 4.67. The number of hydrogen-bond donors (Lipinski definition) is 1. The molecular formula is C11H8F2O4. The number of halogens is 2. The molecule has 90 valence electrons. The van der Waals surface area contributed by atoms with E-state index in [-0.39, 0.29) is 16.5 Å². The summed E-state index contributed by atoms with van der Waals surface area (Å²) >= 11 is 0. The monoisotopic (exact) mass is 242 g/mol. The highest BCUT2D eigenvalue weighted by Crippen LogP contribution is 2.30. The Labute approximate surface area is 94.4 Å². The first-order chi connectivity index (χ1) is 8.06. The van der Waals surface area contributed by atoms with Crippen LogP contribution >= 0.6 is 0 Å². The van der Waals surface area contributed by atoms with Crippen LogP contribution in [0.4, 0.5) is 8.78 Å². The van der Waals surface area contributed by atoms with Crippen molar-refractivity contribution >= 4 is 16.9 Å². The van der Waals surface area contributed by atoms with Gasteiger partial charge in [-0.3, -0.25) is 0 Å². The molecule has 0 aliphatic rings. The molecule has 0 bridgehead atoms. The summed E-state index contributed by atoms with van der Waals surface area (Å²) in [6.07, 6.45) is -0.679. The number of esters is 1. The minimum absolute atomic E-state index is 0.000370. The zero-order valence-corrected chi connectivity index (χ0v) is 8.74. The van der Waals surface area contributed by atoms with Crippen molar-refractivity contribution in [2.75, 3.05) is 7.11 Å². The third kappa shape index (κ3) is 1.76. The Bertz CT molecular complexity index is 576. The van der Waals surface area contributed by atoms with Crippen LogP contribution in [-0.2, 0) is 9.53 Å². The van der Waals surface area contributed by atoms with E-state index in [2.05, 4.69) is 4.74 Å². The molecule has 1 atom stereocenters. The van der Waals surface area contributed by atoms with Crippen molar-refractivity contribution in [2.45, 2.75) is 6.10 Å². The molecule has 0 radical (unpaired) electrons. The number of methoxy groups -OCH3 is 1. The molecule has 0 aliphatic heterocycles. The number of aliphatic hydroxyl groups is 1. The first-order valence-corrected chi connectivity index (χ1v) is 4.67. The van der Waals surface area contributed by atoms with Gasteiger partial charge in [0.05, 0.1) is 13.4 Å². The van der Waals surface area contributed by atoms with Crippen molar-refractivity contribution in [1.82, 2.24) is 0 Å². The summed E-state index contributed by atoms with van der Waals surface area (Å²) < 4.78 is 35.9. The maximum absolute atomic E-state index is 13.6. The Morgan fingerprint density at radius 2 is 2.18 bits per heavy atom. The third-order valence-corrected chi connectivity index (χ3v) is 2.38. The van der Waals surface area contributed by atoms with Gasteiger partial charge in [0, 0.05) is 17.0 Å². The van der Waals surface area contributed by atoms with Crippen molar-refractivity contribution in [3.05, 3.63) is 35.6 Å². The second kappa shape index (κ2) is 4.14. The lowest BCUT2D eigenvalue weighted by molar-refractivity contribution is -0.150. The molecule has 1 aromatic heterocycles. The topological polar surface area (TPSA) is 59.7 Å². The molecule has 0 amide bonds. The van der Waals surface area contributed by atoms with Crippen LogP contribution in [0.25, 0.3) is 11.0 Å². The fraction of sp³-hybridized carbons (Fsp3) is 0.182. The normalized spacial score (nSPS) is 12.7. The van der Waals surface area contributed by atoms with E-state index in [4.69, 9.17) is 4.42 Å². The quantitative estimate of drug-likeness (QED) is 0.817. The number of carbonyl (C=O) groups excluding carboxylic acids is 1. The zero-order valence-electron chi connectivity index (χ0n) is 8.74. The van der Waals surface area contributed by atoms with Gasteiger partial charge < -0.3 is 14.3 Å². The number of hydrogen-bond acceptors (Lipinski definition) is 4. The predicted molar refractivity (Wildman–Crippen MR) is 53.1 cm³/mol. The Morgan fingerprint density at radius 1 is 1.47 bits per heavy atom. The average Bonchev–Trinajstić information content (AvgIpc) is 2.76. The lowest BCUT2D eigenvalue weighted by Crippen LogP contribution is -2.15. The van der Waals surface area contributed by atoms with Crippen LogP contribution < -0.4 is 0 Å². The van der Waals surface area contributed by atoms with Gasteiger partial charge in [0.2, 0.25) is 0 Å². The van der Waals surface area contributed by atoms with Gasteiger partial charge in [-0.15, -0.1) is 0 Å². The number of rotatable bonds is 2. The van der Waals surface area contributed by atoms with Crippen LogP contribution in [0.2, 0.25) is 0 Å². The summed E-state index contributed by atoms with van der Waals surface area (Å²) in [4.78, 5) is 11.2. The van der Waals surface area contributed by atoms with Gasteiger partial charge in [0.25, 0.3) is 0 Å². The van der Waals surface area contributed by atoms with Gasteiger partial charge in [-0.1, -0.05) is 0 Å². The van der Waals surface area contributed by atoms with E-state index in [1.165, 1.54) is 6.07 Å². The molecule has 1 unspecified atom stereocenters. The molecule has 1 N–H and O–H groups in total. The van der Waals surface area contributed by atoms with E-state index in [0.29, 0.717) is 6.07 Å². The van der Waals surface area contributed by atoms with Crippen molar-refractivity contribution in [3.8, 4) is 0 Å². The highest BCUT2D eigenvalue weighted by atomic mass is 19.1. The number of benzene rings is 1. The molecule has 0 saturated heterocycles. The summed E-state index contributed by atoms with van der Waals surface area (Å²) in [5.74, 6) is -2.96. The Balaban J connectivity index is 2.68. The summed E-state index contributed by atoms with van der Waals surface area (Å²) in [6.45, 7) is 0. The van der Waals surface area contributed by atoms with E-state index >= 15 is 0 Å². The minimum Gasteiger partial charge on any atom is -0.467 e. The van der Waals surface area contributed by atoms with Gasteiger partial charge in [-0.2, -0.15) is 0 Å². The summed E-state index contributed by atoms with van der Waals surface area (Å²) in [7, 11) is 1.06. The molecule has 1 heterocycles. The molecule has 0 fully saturated rings. The van der Waals surface area contributed by atoms with Crippen LogP contribution in [0.1, 0.15) is 11.7 Å². The number of furan rings is 1. The highest BCUT2D eigenvalue weighted by molar-refractivity contribution is 5.88. The van der Waals surface area contributed by atoms with Gasteiger partial charge >= 0.3 is 5.97 Å². The van der Waals surface area contributed by atoms with Crippen molar-refractivity contribution in [2.24, 2.45) is 0 Å². The summed E-state index contributed by atoms with van der Waals surface area (Å²) in [6, 6.07) is 1.82. The van der Waals surface area contributed by atoms with Crippen molar-refractivity contribution in [3.63, 3.8) is 0 Å². The van der Waals surface area contributed by atoms with E-state index in [1.807, 2.05) is 0 Å². The Hall–Kier alpha value is -1.95. The third-order valence-electron chi connectivity index (χ3n) is 2.38. The molecule has 6 heteroatoms. The van der Waals surface area contributed by atoms with Gasteiger partial charge in [0.1, 0.15) is 5.82 Å². The summed E-state index contributed by atoms with van der Waals surface area (Å²) in [5.41, 5.74) is -0.577. The number of fused-ring (bicyclic) bond motifs is 1. The number of carbonyl (C=O) groups is 1. The molecule has 4 nitrogen and oxygen atoms in total. The predicted octanol–water partition coefficient (Wildman–Crippen LogP) is 1.92. The lowest BCUT2D eigenvalue weighted by atomic mass is 10.0. The fourth-order valence-electron chi connectivity index (χ4n) is 1.60. The van der Waals surface area contributed by atoms with Crippen LogP contribution in [0, 0.1) is 11.6 Å². The van der Waals surface area contributed by atoms with Gasteiger partial charge in [0.15, 0.2) is 17.5 Å². The van der Waals surface area contributed by atoms with Crippen LogP contribution in [-0.4, -0.2) is 18.2 Å². The fourth-order valence-corrected chi connectivity index (χ4v) is 1.60. The number of ether oxygens (including phenoxy) is 1. The van der Waals surface area contributed by atoms with Crippen LogP contribution in [0.15, 0.2) is 22.8 Å². The number of aliphatic hydroxyl groups excluding tert-OH is 1. The smallest absolute Gasteiger partial charge is 0.339 e. The van der Waals surface area contributed by atoms with E-state index in [1.54, 1.807) is 0 Å². The second-order valence-electron chi connectivity index (χ2n) is 3.34.